The summed E-state index contributed by atoms with van der Waals surface area (Å²) < 4.78 is 10.4. The number of ether oxygens (including phenoxy) is 2. The molecule has 0 bridgehead atoms. The van der Waals surface area contributed by atoms with Crippen LogP contribution in [-0.4, -0.2) is 30.7 Å². The molecule has 0 aliphatic rings. The average Bonchev–Trinajstić information content (AvgIpc) is 2.55. The van der Waals surface area contributed by atoms with Crippen LogP contribution in [0.2, 0.25) is 0 Å². The maximum atomic E-state index is 12.3. The predicted octanol–water partition coefficient (Wildman–Crippen LogP) is 2.96. The van der Waals surface area contributed by atoms with Crippen molar-refractivity contribution in [2.45, 2.75) is 20.3 Å². The van der Waals surface area contributed by atoms with E-state index in [-0.39, 0.29) is 12.3 Å². The van der Waals surface area contributed by atoms with Crippen molar-refractivity contribution in [1.29, 1.82) is 0 Å². The molecule has 2 N–H and O–H groups in total. The van der Waals surface area contributed by atoms with E-state index in [0.29, 0.717) is 17.2 Å². The van der Waals surface area contributed by atoms with Gasteiger partial charge in [0.1, 0.15) is 11.5 Å². The van der Waals surface area contributed by atoms with Crippen LogP contribution in [0.25, 0.3) is 0 Å². The molecule has 6 heteroatoms. The number of benzene rings is 2. The van der Waals surface area contributed by atoms with E-state index in [0.717, 1.165) is 16.7 Å². The van der Waals surface area contributed by atoms with Gasteiger partial charge in [-0.25, -0.2) is 4.79 Å². The van der Waals surface area contributed by atoms with Crippen molar-refractivity contribution >= 4 is 17.6 Å². The lowest BCUT2D eigenvalue weighted by Crippen LogP contribution is -2.16. The van der Waals surface area contributed by atoms with Gasteiger partial charge in [-0.2, -0.15) is 0 Å². The van der Waals surface area contributed by atoms with Crippen molar-refractivity contribution in [3.63, 3.8) is 0 Å². The van der Waals surface area contributed by atoms with E-state index in [2.05, 4.69) is 5.32 Å². The molecule has 2 aromatic carbocycles. The molecule has 0 aromatic heterocycles. The lowest BCUT2D eigenvalue weighted by molar-refractivity contribution is -0.139. The van der Waals surface area contributed by atoms with Gasteiger partial charge in [-0.3, -0.25) is 4.79 Å². The monoisotopic (exact) mass is 343 g/mol. The molecule has 0 radical (unpaired) electrons. The number of carboxylic acid groups (broad SMARTS) is 1. The number of methoxy groups -OCH3 is 1. The van der Waals surface area contributed by atoms with Crippen molar-refractivity contribution in [1.82, 2.24) is 0 Å². The van der Waals surface area contributed by atoms with Gasteiger partial charge in [-0.15, -0.1) is 0 Å². The standard InChI is InChI=1S/C19H21NO5/c1-12-4-7-17(24-3)14(8-12)10-18(21)20-16-6-5-15(9-13(16)2)25-11-19(22)23/h4-9H,10-11H2,1-3H3,(H,20,21)(H,22,23). The molecule has 132 valence electrons. The number of carboxylic acids is 1. The van der Waals surface area contributed by atoms with E-state index < -0.39 is 12.6 Å². The van der Waals surface area contributed by atoms with Crippen LogP contribution in [0.4, 0.5) is 5.69 Å². The normalized spacial score (nSPS) is 10.2. The smallest absolute Gasteiger partial charge is 0.341 e. The van der Waals surface area contributed by atoms with E-state index in [4.69, 9.17) is 14.6 Å². The van der Waals surface area contributed by atoms with E-state index in [9.17, 15) is 9.59 Å². The quantitative estimate of drug-likeness (QED) is 0.807. The molecule has 0 fully saturated rings. The van der Waals surface area contributed by atoms with Crippen LogP contribution >= 0.6 is 0 Å². The number of rotatable bonds is 7. The van der Waals surface area contributed by atoms with Crippen molar-refractivity contribution in [3.8, 4) is 11.5 Å². The Kier molecular flexibility index (Phi) is 6.00. The van der Waals surface area contributed by atoms with Crippen LogP contribution in [0, 0.1) is 13.8 Å². The Balaban J connectivity index is 2.05. The highest BCUT2D eigenvalue weighted by Gasteiger charge is 2.11. The van der Waals surface area contributed by atoms with E-state index in [1.807, 2.05) is 32.0 Å². The minimum absolute atomic E-state index is 0.161. The fraction of sp³-hybridized carbons (Fsp3) is 0.263. The average molecular weight is 343 g/mol. The van der Waals surface area contributed by atoms with Crippen LogP contribution in [0.15, 0.2) is 36.4 Å². The lowest BCUT2D eigenvalue weighted by atomic mass is 10.1. The third kappa shape index (κ3) is 5.24. The Morgan fingerprint density at radius 3 is 2.52 bits per heavy atom. The Labute approximate surface area is 146 Å². The lowest BCUT2D eigenvalue weighted by Gasteiger charge is -2.12. The van der Waals surface area contributed by atoms with Gasteiger partial charge in [0.15, 0.2) is 6.61 Å². The van der Waals surface area contributed by atoms with Crippen LogP contribution in [0.3, 0.4) is 0 Å². The molecule has 2 aromatic rings. The Morgan fingerprint density at radius 2 is 1.88 bits per heavy atom. The number of anilines is 1. The van der Waals surface area contributed by atoms with Gasteiger partial charge in [0, 0.05) is 11.3 Å². The highest BCUT2D eigenvalue weighted by molar-refractivity contribution is 5.93. The summed E-state index contributed by atoms with van der Waals surface area (Å²) in [7, 11) is 1.58. The summed E-state index contributed by atoms with van der Waals surface area (Å²) in [6.45, 7) is 3.37. The molecule has 0 spiro atoms. The molecule has 0 saturated carbocycles. The first-order valence-electron chi connectivity index (χ1n) is 7.77. The van der Waals surface area contributed by atoms with E-state index in [1.54, 1.807) is 25.3 Å². The number of aryl methyl sites for hydroxylation is 2. The van der Waals surface area contributed by atoms with Gasteiger partial charge in [-0.05, 0) is 43.7 Å². The first kappa shape index (κ1) is 18.3. The number of nitrogens with one attached hydrogen (secondary N) is 1. The predicted molar refractivity (Wildman–Crippen MR) is 94.4 cm³/mol. The van der Waals surface area contributed by atoms with Gasteiger partial charge in [0.2, 0.25) is 5.91 Å². The minimum atomic E-state index is -1.04. The molecule has 0 unspecified atom stereocenters. The maximum Gasteiger partial charge on any atom is 0.341 e. The van der Waals surface area contributed by atoms with Crippen molar-refractivity contribution < 1.29 is 24.2 Å². The second kappa shape index (κ2) is 8.19. The molecule has 25 heavy (non-hydrogen) atoms. The fourth-order valence-electron chi connectivity index (χ4n) is 2.42. The molecule has 0 atom stereocenters. The Bertz CT molecular complexity index is 785. The van der Waals surface area contributed by atoms with Crippen LogP contribution in [-0.2, 0) is 16.0 Å². The van der Waals surface area contributed by atoms with Crippen LogP contribution in [0.1, 0.15) is 16.7 Å². The molecule has 1 amide bonds. The first-order chi connectivity index (χ1) is 11.9. The summed E-state index contributed by atoms with van der Waals surface area (Å²) in [4.78, 5) is 22.9. The third-order valence-corrected chi connectivity index (χ3v) is 3.62. The van der Waals surface area contributed by atoms with Gasteiger partial charge in [-0.1, -0.05) is 17.7 Å². The summed E-state index contributed by atoms with van der Waals surface area (Å²) in [5, 5.41) is 11.5. The first-order valence-corrected chi connectivity index (χ1v) is 7.77. The second-order valence-corrected chi connectivity index (χ2v) is 5.70. The third-order valence-electron chi connectivity index (χ3n) is 3.62. The van der Waals surface area contributed by atoms with Gasteiger partial charge < -0.3 is 19.9 Å². The zero-order valence-corrected chi connectivity index (χ0v) is 14.5. The molecule has 0 aliphatic carbocycles. The molecule has 0 aliphatic heterocycles. The van der Waals surface area contributed by atoms with Crippen LogP contribution in [0.5, 0.6) is 11.5 Å². The zero-order chi connectivity index (χ0) is 18.4. The molecule has 0 saturated heterocycles. The molecule has 2 rings (SSSR count). The number of amides is 1. The summed E-state index contributed by atoms with van der Waals surface area (Å²) >= 11 is 0. The molecule has 0 heterocycles. The van der Waals surface area contributed by atoms with Crippen molar-refractivity contribution in [2.75, 3.05) is 19.0 Å². The largest absolute Gasteiger partial charge is 0.496 e. The summed E-state index contributed by atoms with van der Waals surface area (Å²) in [5.74, 6) is -0.0820. The zero-order valence-electron chi connectivity index (χ0n) is 14.5. The van der Waals surface area contributed by atoms with Gasteiger partial charge >= 0.3 is 5.97 Å². The number of hydrogen-bond acceptors (Lipinski definition) is 4. The van der Waals surface area contributed by atoms with Crippen molar-refractivity contribution in [2.24, 2.45) is 0 Å². The number of aliphatic carboxylic acids is 1. The number of carbonyl (C=O) groups is 2. The maximum absolute atomic E-state index is 12.3. The van der Waals surface area contributed by atoms with Crippen LogP contribution < -0.4 is 14.8 Å². The second-order valence-electron chi connectivity index (χ2n) is 5.70. The fourth-order valence-corrected chi connectivity index (χ4v) is 2.42. The number of hydrogen-bond donors (Lipinski definition) is 2. The highest BCUT2D eigenvalue weighted by Crippen LogP contribution is 2.23. The van der Waals surface area contributed by atoms with E-state index in [1.165, 1.54) is 0 Å². The number of carbonyl (C=O) groups excluding carboxylic acids is 1. The summed E-state index contributed by atoms with van der Waals surface area (Å²) in [6.07, 6.45) is 0.196. The van der Waals surface area contributed by atoms with E-state index >= 15 is 0 Å². The topological polar surface area (TPSA) is 84.9 Å². The molecular formula is C19H21NO5. The highest BCUT2D eigenvalue weighted by atomic mass is 16.5. The Hall–Kier alpha value is -3.02. The van der Waals surface area contributed by atoms with Gasteiger partial charge in [0.25, 0.3) is 0 Å². The van der Waals surface area contributed by atoms with Crippen molar-refractivity contribution in [3.05, 3.63) is 53.1 Å². The minimum Gasteiger partial charge on any atom is -0.496 e. The van der Waals surface area contributed by atoms with Gasteiger partial charge in [0.05, 0.1) is 13.5 Å². The Morgan fingerprint density at radius 1 is 1.12 bits per heavy atom. The SMILES string of the molecule is COc1ccc(C)cc1CC(=O)Nc1ccc(OCC(=O)O)cc1C. The summed E-state index contributed by atoms with van der Waals surface area (Å²) in [6, 6.07) is 10.7. The summed E-state index contributed by atoms with van der Waals surface area (Å²) in [5.41, 5.74) is 3.31. The molecular weight excluding hydrogens is 322 g/mol. The molecule has 6 nitrogen and oxygen atoms in total.